The average Bonchev–Trinajstić information content (AvgIpc) is 2.17. The van der Waals surface area contributed by atoms with Crippen LogP contribution in [-0.2, 0) is 6.42 Å². The summed E-state index contributed by atoms with van der Waals surface area (Å²) < 4.78 is 0. The van der Waals surface area contributed by atoms with E-state index >= 15 is 0 Å². The number of benzene rings is 2. The van der Waals surface area contributed by atoms with Gasteiger partial charge in [-0.3, -0.25) is 0 Å². The van der Waals surface area contributed by atoms with Gasteiger partial charge in [0.15, 0.2) is 0 Å². The lowest BCUT2D eigenvalue weighted by Gasteiger charge is -1.99. The van der Waals surface area contributed by atoms with Gasteiger partial charge in [-0.05, 0) is 22.8 Å². The number of rotatable bonds is 1. The highest BCUT2D eigenvalue weighted by Crippen LogP contribution is 2.15. The molecule has 0 aliphatic heterocycles. The summed E-state index contributed by atoms with van der Waals surface area (Å²) in [6, 6.07) is 15.1. The van der Waals surface area contributed by atoms with E-state index in [1.165, 1.54) is 16.3 Å². The summed E-state index contributed by atoms with van der Waals surface area (Å²) in [6.45, 7) is 2.18. The number of fused-ring (bicyclic) bond motifs is 1. The first-order valence-electron chi connectivity index (χ1n) is 4.38. The maximum Gasteiger partial charge on any atom is 0 e. The van der Waals surface area contributed by atoms with E-state index in [0.717, 1.165) is 6.42 Å². The lowest BCUT2D eigenvalue weighted by atomic mass is 10.1. The molecule has 0 amide bonds. The predicted octanol–water partition coefficient (Wildman–Crippen LogP) is 3.02. The van der Waals surface area contributed by atoms with Gasteiger partial charge in [0.05, 0.1) is 0 Å². The standard InChI is InChI=1S/C12H12.B/c1-2-10-7-8-11-5-3-4-6-12(11)9-10;/h3-9H,2H2,1H3;. The van der Waals surface area contributed by atoms with Gasteiger partial charge in [-0.2, -0.15) is 0 Å². The minimum Gasteiger partial charge on any atom is -0.0616 e. The van der Waals surface area contributed by atoms with Gasteiger partial charge >= 0.3 is 0 Å². The number of aryl methyl sites for hydroxylation is 1. The quantitative estimate of drug-likeness (QED) is 0.572. The van der Waals surface area contributed by atoms with E-state index in [-0.39, 0.29) is 8.41 Å². The average molecular weight is 167 g/mol. The smallest absolute Gasteiger partial charge is 0 e. The minimum atomic E-state index is 0. The molecule has 63 valence electrons. The van der Waals surface area contributed by atoms with Crippen molar-refractivity contribution >= 4 is 19.2 Å². The Balaban J connectivity index is 0.000000845. The Kier molecular flexibility index (Phi) is 3.13. The van der Waals surface area contributed by atoms with Crippen LogP contribution in [0.3, 0.4) is 0 Å². The predicted molar refractivity (Wildman–Crippen MR) is 59.1 cm³/mol. The van der Waals surface area contributed by atoms with Crippen LogP contribution in [0.25, 0.3) is 10.8 Å². The molecule has 0 fully saturated rings. The van der Waals surface area contributed by atoms with Gasteiger partial charge in [0, 0.05) is 8.41 Å². The highest BCUT2D eigenvalue weighted by Gasteiger charge is 1.92. The third-order valence-corrected chi connectivity index (χ3v) is 2.22. The Hall–Kier alpha value is -1.24. The molecule has 3 radical (unpaired) electrons. The summed E-state index contributed by atoms with van der Waals surface area (Å²) in [5.74, 6) is 0. The van der Waals surface area contributed by atoms with Crippen molar-refractivity contribution in [2.24, 2.45) is 0 Å². The monoisotopic (exact) mass is 167 g/mol. The highest BCUT2D eigenvalue weighted by molar-refractivity contribution is 5.82. The maximum atomic E-state index is 2.26. The van der Waals surface area contributed by atoms with Gasteiger partial charge in [-0.15, -0.1) is 0 Å². The van der Waals surface area contributed by atoms with Gasteiger partial charge in [0.2, 0.25) is 0 Å². The zero-order valence-electron chi connectivity index (χ0n) is 7.83. The summed E-state index contributed by atoms with van der Waals surface area (Å²) in [7, 11) is 0. The normalized spacial score (nSPS) is 9.62. The molecule has 0 saturated heterocycles. The van der Waals surface area contributed by atoms with Crippen LogP contribution in [0.1, 0.15) is 12.5 Å². The molecule has 0 spiro atoms. The molecule has 2 rings (SSSR count). The van der Waals surface area contributed by atoms with Crippen molar-refractivity contribution in [3.63, 3.8) is 0 Å². The molecule has 2 aromatic rings. The van der Waals surface area contributed by atoms with Crippen molar-refractivity contribution in [1.82, 2.24) is 0 Å². The van der Waals surface area contributed by atoms with Gasteiger partial charge in [-0.25, -0.2) is 0 Å². The Morgan fingerprint density at radius 2 is 1.62 bits per heavy atom. The van der Waals surface area contributed by atoms with Gasteiger partial charge in [0.1, 0.15) is 0 Å². The molecule has 0 aromatic heterocycles. The van der Waals surface area contributed by atoms with Crippen molar-refractivity contribution in [1.29, 1.82) is 0 Å². The second kappa shape index (κ2) is 4.13. The molecule has 0 atom stereocenters. The summed E-state index contributed by atoms with van der Waals surface area (Å²) in [6.07, 6.45) is 1.12. The first-order chi connectivity index (χ1) is 5.90. The third-order valence-electron chi connectivity index (χ3n) is 2.22. The SMILES string of the molecule is CCc1ccc2ccccc2c1.[B]. The minimum absolute atomic E-state index is 0. The summed E-state index contributed by atoms with van der Waals surface area (Å²) >= 11 is 0. The second-order valence-corrected chi connectivity index (χ2v) is 3.04. The molecule has 0 aliphatic carbocycles. The Morgan fingerprint density at radius 3 is 2.31 bits per heavy atom. The van der Waals surface area contributed by atoms with Gasteiger partial charge in [-0.1, -0.05) is 49.4 Å². The van der Waals surface area contributed by atoms with E-state index in [1.807, 2.05) is 0 Å². The fourth-order valence-corrected chi connectivity index (χ4v) is 1.46. The van der Waals surface area contributed by atoms with E-state index in [2.05, 4.69) is 49.4 Å². The van der Waals surface area contributed by atoms with Crippen molar-refractivity contribution in [2.75, 3.05) is 0 Å². The summed E-state index contributed by atoms with van der Waals surface area (Å²) in [4.78, 5) is 0. The van der Waals surface area contributed by atoms with Crippen LogP contribution >= 0.6 is 0 Å². The lowest BCUT2D eigenvalue weighted by molar-refractivity contribution is 1.15. The molecule has 0 N–H and O–H groups in total. The Labute approximate surface area is 81.2 Å². The van der Waals surface area contributed by atoms with Gasteiger partial charge < -0.3 is 0 Å². The fraction of sp³-hybridized carbons (Fsp3) is 0.167. The third kappa shape index (κ3) is 1.92. The van der Waals surface area contributed by atoms with E-state index < -0.39 is 0 Å². The van der Waals surface area contributed by atoms with Gasteiger partial charge in [0.25, 0.3) is 0 Å². The van der Waals surface area contributed by atoms with E-state index in [1.54, 1.807) is 0 Å². The van der Waals surface area contributed by atoms with E-state index in [9.17, 15) is 0 Å². The van der Waals surface area contributed by atoms with Crippen molar-refractivity contribution in [3.8, 4) is 0 Å². The molecule has 0 heterocycles. The zero-order valence-corrected chi connectivity index (χ0v) is 7.83. The van der Waals surface area contributed by atoms with Crippen LogP contribution in [0, 0.1) is 0 Å². The van der Waals surface area contributed by atoms with E-state index in [0.29, 0.717) is 0 Å². The molecule has 0 saturated carbocycles. The molecule has 0 bridgehead atoms. The van der Waals surface area contributed by atoms with Crippen LogP contribution in [0.15, 0.2) is 42.5 Å². The fourth-order valence-electron chi connectivity index (χ4n) is 1.46. The van der Waals surface area contributed by atoms with Crippen molar-refractivity contribution in [3.05, 3.63) is 48.0 Å². The molecular weight excluding hydrogens is 155 g/mol. The molecule has 0 nitrogen and oxygen atoms in total. The summed E-state index contributed by atoms with van der Waals surface area (Å²) in [5.41, 5.74) is 1.41. The molecule has 0 aliphatic rings. The molecule has 13 heavy (non-hydrogen) atoms. The number of hydrogen-bond acceptors (Lipinski definition) is 0. The zero-order chi connectivity index (χ0) is 8.39. The number of hydrogen-bond donors (Lipinski definition) is 0. The van der Waals surface area contributed by atoms with Crippen LogP contribution in [0.5, 0.6) is 0 Å². The van der Waals surface area contributed by atoms with Crippen molar-refractivity contribution in [2.45, 2.75) is 13.3 Å². The molecule has 2 aromatic carbocycles. The topological polar surface area (TPSA) is 0 Å². The molecule has 0 unspecified atom stereocenters. The molecular formula is C12H12B. The highest BCUT2D eigenvalue weighted by atomic mass is 14.0. The largest absolute Gasteiger partial charge is 0.0616 e. The van der Waals surface area contributed by atoms with Crippen LogP contribution < -0.4 is 0 Å². The molecule has 1 heteroatoms. The Morgan fingerprint density at radius 1 is 0.923 bits per heavy atom. The van der Waals surface area contributed by atoms with Crippen molar-refractivity contribution < 1.29 is 0 Å². The van der Waals surface area contributed by atoms with Crippen LogP contribution in [0.4, 0.5) is 0 Å². The van der Waals surface area contributed by atoms with Crippen LogP contribution in [-0.4, -0.2) is 8.41 Å². The van der Waals surface area contributed by atoms with E-state index in [4.69, 9.17) is 0 Å². The maximum absolute atomic E-state index is 2.26. The summed E-state index contributed by atoms with van der Waals surface area (Å²) in [5, 5.41) is 2.67. The lowest BCUT2D eigenvalue weighted by Crippen LogP contribution is -1.79. The first-order valence-corrected chi connectivity index (χ1v) is 4.38. The van der Waals surface area contributed by atoms with Crippen LogP contribution in [0.2, 0.25) is 0 Å². The Bertz CT molecular complexity index is 393. The first kappa shape index (κ1) is 9.85. The second-order valence-electron chi connectivity index (χ2n) is 3.04.